The summed E-state index contributed by atoms with van der Waals surface area (Å²) in [6.45, 7) is 2.71. The highest BCUT2D eigenvalue weighted by molar-refractivity contribution is 5.94. The van der Waals surface area contributed by atoms with E-state index in [9.17, 15) is 4.79 Å². The van der Waals surface area contributed by atoms with Crippen LogP contribution in [-0.4, -0.2) is 22.4 Å². The van der Waals surface area contributed by atoms with E-state index < -0.39 is 0 Å². The minimum atomic E-state index is -0.0674. The minimum Gasteiger partial charge on any atom is -0.352 e. The number of carbonyl (C=O) groups excluding carboxylic acids is 1. The van der Waals surface area contributed by atoms with Crippen molar-refractivity contribution < 1.29 is 4.79 Å². The number of aromatic nitrogens is 2. The molecule has 0 radical (unpaired) electrons. The number of anilines is 2. The fraction of sp³-hybridized carbons (Fsp3) is 0.148. The van der Waals surface area contributed by atoms with E-state index >= 15 is 0 Å². The number of hydrogen-bond acceptors (Lipinski definition) is 4. The average molecular weight is 423 g/mol. The lowest BCUT2D eigenvalue weighted by atomic mass is 10.1. The molecule has 0 aliphatic heterocycles. The van der Waals surface area contributed by atoms with Crippen molar-refractivity contribution in [1.82, 2.24) is 15.3 Å². The molecule has 5 nitrogen and oxygen atoms in total. The Labute approximate surface area is 188 Å². The summed E-state index contributed by atoms with van der Waals surface area (Å²) in [7, 11) is 0. The molecular weight excluding hydrogens is 396 g/mol. The summed E-state index contributed by atoms with van der Waals surface area (Å²) >= 11 is 0. The molecule has 0 spiro atoms. The summed E-state index contributed by atoms with van der Waals surface area (Å²) in [5.41, 5.74) is 5.85. The van der Waals surface area contributed by atoms with Gasteiger partial charge in [-0.15, -0.1) is 0 Å². The van der Waals surface area contributed by atoms with E-state index in [1.807, 2.05) is 36.4 Å². The maximum absolute atomic E-state index is 12.4. The molecule has 1 heterocycles. The summed E-state index contributed by atoms with van der Waals surface area (Å²) in [5, 5.41) is 6.19. The van der Waals surface area contributed by atoms with Gasteiger partial charge in [0.15, 0.2) is 0 Å². The monoisotopic (exact) mass is 422 g/mol. The van der Waals surface area contributed by atoms with E-state index in [0.29, 0.717) is 18.1 Å². The van der Waals surface area contributed by atoms with Gasteiger partial charge in [-0.1, -0.05) is 60.2 Å². The lowest BCUT2D eigenvalue weighted by molar-refractivity contribution is 0.0953. The van der Waals surface area contributed by atoms with Crippen molar-refractivity contribution in [3.05, 3.63) is 108 Å². The smallest absolute Gasteiger partial charge is 0.251 e. The molecular formula is C27H26N4O. The van der Waals surface area contributed by atoms with Crippen LogP contribution in [0, 0.1) is 6.92 Å². The molecule has 0 saturated heterocycles. The van der Waals surface area contributed by atoms with Gasteiger partial charge in [-0.3, -0.25) is 4.79 Å². The van der Waals surface area contributed by atoms with E-state index in [2.05, 4.69) is 63.9 Å². The van der Waals surface area contributed by atoms with Crippen LogP contribution in [0.2, 0.25) is 0 Å². The summed E-state index contributed by atoms with van der Waals surface area (Å²) in [6, 6.07) is 27.7. The first kappa shape index (κ1) is 21.2. The number of benzene rings is 3. The largest absolute Gasteiger partial charge is 0.352 e. The first-order valence-corrected chi connectivity index (χ1v) is 10.8. The third-order valence-electron chi connectivity index (χ3n) is 5.18. The highest BCUT2D eigenvalue weighted by Gasteiger charge is 2.06. The molecule has 160 valence electrons. The second-order valence-corrected chi connectivity index (χ2v) is 7.68. The molecule has 5 heteroatoms. The van der Waals surface area contributed by atoms with Gasteiger partial charge in [0.1, 0.15) is 0 Å². The number of hydrogen-bond donors (Lipinski definition) is 2. The van der Waals surface area contributed by atoms with Crippen molar-refractivity contribution in [3.8, 4) is 11.3 Å². The van der Waals surface area contributed by atoms with E-state index in [0.717, 1.165) is 29.8 Å². The van der Waals surface area contributed by atoms with Crippen molar-refractivity contribution in [3.63, 3.8) is 0 Å². The Morgan fingerprint density at radius 2 is 1.62 bits per heavy atom. The first-order chi connectivity index (χ1) is 15.7. The zero-order valence-electron chi connectivity index (χ0n) is 18.1. The van der Waals surface area contributed by atoms with Crippen LogP contribution >= 0.6 is 0 Å². The topological polar surface area (TPSA) is 66.9 Å². The van der Waals surface area contributed by atoms with Gasteiger partial charge in [-0.25, -0.2) is 9.97 Å². The third-order valence-corrected chi connectivity index (χ3v) is 5.18. The predicted octanol–water partition coefficient (Wildman–Crippen LogP) is 5.56. The van der Waals surface area contributed by atoms with Crippen LogP contribution < -0.4 is 10.6 Å². The van der Waals surface area contributed by atoms with Crippen LogP contribution in [0.25, 0.3) is 11.3 Å². The Kier molecular flexibility index (Phi) is 6.88. The van der Waals surface area contributed by atoms with Crippen LogP contribution in [0.3, 0.4) is 0 Å². The summed E-state index contributed by atoms with van der Waals surface area (Å²) in [6.07, 6.45) is 3.59. The molecule has 0 atom stereocenters. The number of nitrogens with one attached hydrogen (secondary N) is 2. The van der Waals surface area contributed by atoms with Crippen molar-refractivity contribution in [2.45, 2.75) is 19.8 Å². The first-order valence-electron chi connectivity index (χ1n) is 10.8. The Morgan fingerprint density at radius 3 is 2.38 bits per heavy atom. The molecule has 0 aliphatic carbocycles. The number of aryl methyl sites for hydroxylation is 2. The average Bonchev–Trinajstić information content (AvgIpc) is 2.83. The van der Waals surface area contributed by atoms with Gasteiger partial charge in [0, 0.05) is 29.6 Å². The quantitative estimate of drug-likeness (QED) is 0.365. The molecule has 2 N–H and O–H groups in total. The third kappa shape index (κ3) is 5.79. The fourth-order valence-electron chi connectivity index (χ4n) is 3.38. The number of amides is 1. The maximum atomic E-state index is 12.4. The second kappa shape index (κ2) is 10.4. The standard InChI is InChI=1S/C27H26N4O/c1-20-9-11-22(12-10-20)25-17-19-29-27(31-25)30-24-15-13-23(14-16-24)26(32)28-18-5-8-21-6-3-2-4-7-21/h2-4,6-7,9-17,19H,5,8,18H2,1H3,(H,28,32)(H,29,30,31). The minimum absolute atomic E-state index is 0.0674. The van der Waals surface area contributed by atoms with Gasteiger partial charge < -0.3 is 10.6 Å². The lowest BCUT2D eigenvalue weighted by Gasteiger charge is -2.09. The van der Waals surface area contributed by atoms with E-state index in [4.69, 9.17) is 0 Å². The molecule has 1 amide bonds. The zero-order valence-corrected chi connectivity index (χ0v) is 18.1. The Hall–Kier alpha value is -3.99. The van der Waals surface area contributed by atoms with Crippen LogP contribution in [-0.2, 0) is 6.42 Å². The number of nitrogens with zero attached hydrogens (tertiary/aromatic N) is 2. The van der Waals surface area contributed by atoms with E-state index in [1.165, 1.54) is 11.1 Å². The molecule has 32 heavy (non-hydrogen) atoms. The van der Waals surface area contributed by atoms with Crippen molar-refractivity contribution in [1.29, 1.82) is 0 Å². The molecule has 1 aromatic heterocycles. The van der Waals surface area contributed by atoms with Crippen molar-refractivity contribution in [2.75, 3.05) is 11.9 Å². The van der Waals surface area contributed by atoms with Gasteiger partial charge in [0.25, 0.3) is 5.91 Å². The second-order valence-electron chi connectivity index (χ2n) is 7.68. The SMILES string of the molecule is Cc1ccc(-c2ccnc(Nc3ccc(C(=O)NCCCc4ccccc4)cc3)n2)cc1. The number of carbonyl (C=O) groups is 1. The Bertz CT molecular complexity index is 1160. The highest BCUT2D eigenvalue weighted by Crippen LogP contribution is 2.20. The van der Waals surface area contributed by atoms with Crippen LogP contribution in [0.15, 0.2) is 91.1 Å². The maximum Gasteiger partial charge on any atom is 0.251 e. The summed E-state index contributed by atoms with van der Waals surface area (Å²) in [5.74, 6) is 0.448. The van der Waals surface area contributed by atoms with Crippen LogP contribution in [0.1, 0.15) is 27.9 Å². The van der Waals surface area contributed by atoms with Crippen molar-refractivity contribution in [2.24, 2.45) is 0 Å². The molecule has 0 saturated carbocycles. The lowest BCUT2D eigenvalue weighted by Crippen LogP contribution is -2.24. The summed E-state index contributed by atoms with van der Waals surface area (Å²) < 4.78 is 0. The van der Waals surface area contributed by atoms with Crippen LogP contribution in [0.4, 0.5) is 11.6 Å². The molecule has 3 aromatic carbocycles. The molecule has 0 unspecified atom stereocenters. The highest BCUT2D eigenvalue weighted by atomic mass is 16.1. The molecule has 0 fully saturated rings. The molecule has 0 aliphatic rings. The molecule has 4 aromatic rings. The van der Waals surface area contributed by atoms with Gasteiger partial charge in [-0.05, 0) is 55.7 Å². The van der Waals surface area contributed by atoms with E-state index in [1.54, 1.807) is 18.3 Å². The van der Waals surface area contributed by atoms with Crippen LogP contribution in [0.5, 0.6) is 0 Å². The Balaban J connectivity index is 1.31. The van der Waals surface area contributed by atoms with E-state index in [-0.39, 0.29) is 5.91 Å². The summed E-state index contributed by atoms with van der Waals surface area (Å²) in [4.78, 5) is 21.3. The predicted molar refractivity (Wildman–Crippen MR) is 129 cm³/mol. The van der Waals surface area contributed by atoms with Gasteiger partial charge in [0.2, 0.25) is 5.95 Å². The number of rotatable bonds is 8. The zero-order chi connectivity index (χ0) is 22.2. The normalized spacial score (nSPS) is 10.5. The van der Waals surface area contributed by atoms with Gasteiger partial charge in [-0.2, -0.15) is 0 Å². The van der Waals surface area contributed by atoms with Crippen molar-refractivity contribution >= 4 is 17.5 Å². The molecule has 4 rings (SSSR count). The van der Waals surface area contributed by atoms with Gasteiger partial charge in [0.05, 0.1) is 5.69 Å². The Morgan fingerprint density at radius 1 is 0.875 bits per heavy atom. The van der Waals surface area contributed by atoms with Gasteiger partial charge >= 0.3 is 0 Å². The molecule has 0 bridgehead atoms. The fourth-order valence-corrected chi connectivity index (χ4v) is 3.38.